The zero-order chi connectivity index (χ0) is 52.3. The maximum absolute atomic E-state index is 17.5. The lowest BCUT2D eigenvalue weighted by Gasteiger charge is -2.57. The molecule has 14 atom stereocenters. The fraction of sp³-hybridized carbons (Fsp3) is 0.508. The number of hydrogen-bond acceptors (Lipinski definition) is 14. The minimum atomic E-state index is -0.805. The van der Waals surface area contributed by atoms with Gasteiger partial charge in [0.05, 0.1) is 23.6 Å². The van der Waals surface area contributed by atoms with Crippen LogP contribution in [-0.4, -0.2) is 146 Å². The Hall–Kier alpha value is -4.71. The Morgan fingerprint density at radius 3 is 2.35 bits per heavy atom. The van der Waals surface area contributed by atoms with Crippen molar-refractivity contribution in [3.63, 3.8) is 0 Å². The lowest BCUT2D eigenvalue weighted by Crippen LogP contribution is -2.73. The van der Waals surface area contributed by atoms with Crippen molar-refractivity contribution in [2.75, 3.05) is 48.1 Å². The number of hydrogen-bond donors (Lipinski definition) is 4. The predicted molar refractivity (Wildman–Crippen MR) is 294 cm³/mol. The highest BCUT2D eigenvalue weighted by atomic mass is 35.5. The summed E-state index contributed by atoms with van der Waals surface area (Å²) in [6.45, 7) is 8.80. The molecule has 0 amide bonds. The number of nitrogens with one attached hydrogen (secondary N) is 4. The number of likely N-dealkylation sites (tertiary alicyclic amines) is 2. The van der Waals surface area contributed by atoms with Crippen LogP contribution >= 0.6 is 23.2 Å². The second-order valence-corrected chi connectivity index (χ2v) is 23.3. The SMILES string of the molecule is CCC12C(=O)C34C5C[C@H](Cc6ccc(Cl)cc6)N(C)C3[C@@H](COC)NC4[C@H](C)N(Cc3ccc(Cl)cc3Oc3ccc(C4NNC6=CN=CC(C(=O)COC)N64)cc3)C1C[C@@H](Cc1ccccc1)C2N(C)[C@@H](C)CN5. The van der Waals surface area contributed by atoms with Crippen LogP contribution in [0.1, 0.15) is 68.5 Å². The van der Waals surface area contributed by atoms with E-state index in [2.05, 4.69) is 125 Å². The van der Waals surface area contributed by atoms with Gasteiger partial charge in [0.25, 0.3) is 0 Å². The van der Waals surface area contributed by atoms with E-state index in [1.807, 2.05) is 53.4 Å². The number of carbonyl (C=O) groups excluding carboxylic acids is 2. The normalized spacial score (nSPS) is 34.4. The van der Waals surface area contributed by atoms with Crippen LogP contribution in [0, 0.1) is 16.7 Å². The minimum absolute atomic E-state index is 0.0199. The summed E-state index contributed by atoms with van der Waals surface area (Å²) >= 11 is 13.3. The van der Waals surface area contributed by atoms with Gasteiger partial charge in [-0.25, -0.2) is 5.43 Å². The molecule has 2 bridgehead atoms. The Morgan fingerprint density at radius 2 is 1.61 bits per heavy atom. The summed E-state index contributed by atoms with van der Waals surface area (Å²) in [5.74, 6) is 2.54. The molecule has 4 aromatic carbocycles. The lowest BCUT2D eigenvalue weighted by atomic mass is 9.54. The second-order valence-electron chi connectivity index (χ2n) is 22.4. The number of nitrogens with zero attached hydrogens (tertiary/aromatic N) is 5. The van der Waals surface area contributed by atoms with Crippen molar-refractivity contribution in [1.29, 1.82) is 0 Å². The van der Waals surface area contributed by atoms with Gasteiger partial charge in [0, 0.05) is 104 Å². The number of carbonyl (C=O) groups is 2. The van der Waals surface area contributed by atoms with E-state index in [4.69, 9.17) is 37.4 Å². The lowest BCUT2D eigenvalue weighted by molar-refractivity contribution is -0.154. The molecule has 4 aromatic rings. The standard InChI is InChI=1S/C59H73Cl2N9O5/c1-8-58-51-26-41(24-37-12-10-9-11-13-37)54(58)67(4)35(2)29-63-50-28-44(25-38-14-19-42(60)20-15-38)68(5)55-46(33-73-6)64-53(59(50,55)57(58)72)36(3)69(51)32-40-16-21-43(61)27-49(40)75-45-22-17-39(18-23-45)56-66-65-52-31-62-30-47(70(52)56)48(71)34-74-7/h9-23,27,30-31,35-36,41,44,46-47,50-51,53-56,63-66H,8,24-26,28-29,32-34H2,1-7H3/t35-,36-,41+,44-,46+,47?,50?,51?,53?,54?,55?,56?,58?,59?/m0/s1. The maximum Gasteiger partial charge on any atom is 0.186 e. The topological polar surface area (TPSA) is 135 Å². The molecule has 4 N–H and O–H groups in total. The second kappa shape index (κ2) is 21.3. The molecular weight excluding hydrogens is 986 g/mol. The maximum atomic E-state index is 17.5. The molecule has 14 nitrogen and oxygen atoms in total. The fourth-order valence-electron chi connectivity index (χ4n) is 15.4. The Kier molecular flexibility index (Phi) is 14.8. The van der Waals surface area contributed by atoms with E-state index < -0.39 is 16.9 Å². The van der Waals surface area contributed by atoms with Crippen LogP contribution in [0.4, 0.5) is 0 Å². The molecule has 0 aromatic heterocycles. The number of likely N-dealkylation sites (N-methyl/N-ethyl adjacent to an activating group) is 2. The third kappa shape index (κ3) is 8.94. The molecule has 7 aliphatic rings. The molecule has 5 saturated heterocycles. The van der Waals surface area contributed by atoms with Crippen molar-refractivity contribution in [2.24, 2.45) is 21.7 Å². The van der Waals surface area contributed by atoms with Gasteiger partial charge in [-0.05, 0) is 119 Å². The van der Waals surface area contributed by atoms with Crippen LogP contribution in [0.15, 0.2) is 114 Å². The predicted octanol–water partition coefficient (Wildman–Crippen LogP) is 7.41. The number of piperidine rings is 1. The zero-order valence-corrected chi connectivity index (χ0v) is 45.7. The van der Waals surface area contributed by atoms with Crippen molar-refractivity contribution < 1.29 is 23.8 Å². The number of ketones is 2. The molecule has 1 spiro atoms. The molecule has 6 aliphatic heterocycles. The van der Waals surface area contributed by atoms with Crippen molar-refractivity contribution in [2.45, 2.75) is 126 Å². The van der Waals surface area contributed by atoms with Gasteiger partial charge in [-0.3, -0.25) is 29.3 Å². The third-order valence-electron chi connectivity index (χ3n) is 18.7. The first-order chi connectivity index (χ1) is 36.3. The van der Waals surface area contributed by atoms with Crippen molar-refractivity contribution in [3.8, 4) is 11.5 Å². The molecule has 0 radical (unpaired) electrons. The van der Waals surface area contributed by atoms with Gasteiger partial charge in [-0.2, -0.15) is 0 Å². The Bertz CT molecular complexity index is 2790. The summed E-state index contributed by atoms with van der Waals surface area (Å²) in [6, 6.07) is 32.1. The number of rotatable bonds is 15. The van der Waals surface area contributed by atoms with Gasteiger partial charge in [0.1, 0.15) is 36.1 Å². The molecule has 75 heavy (non-hydrogen) atoms. The molecule has 1 saturated carbocycles. The monoisotopic (exact) mass is 1060 g/mol. The largest absolute Gasteiger partial charge is 0.457 e. The van der Waals surface area contributed by atoms with Gasteiger partial charge in [0.15, 0.2) is 11.6 Å². The van der Waals surface area contributed by atoms with E-state index in [0.29, 0.717) is 47.7 Å². The number of methoxy groups -OCH3 is 2. The highest BCUT2D eigenvalue weighted by molar-refractivity contribution is 6.31. The first-order valence-corrected chi connectivity index (χ1v) is 27.7. The van der Waals surface area contributed by atoms with E-state index in [1.54, 1.807) is 19.5 Å². The minimum Gasteiger partial charge on any atom is -0.457 e. The van der Waals surface area contributed by atoms with E-state index in [0.717, 1.165) is 48.4 Å². The summed E-state index contributed by atoms with van der Waals surface area (Å²) in [7, 11) is 7.88. The van der Waals surface area contributed by atoms with Gasteiger partial charge >= 0.3 is 0 Å². The molecule has 11 rings (SSSR count). The quantitative estimate of drug-likeness (QED) is 0.0943. The van der Waals surface area contributed by atoms with Crippen LogP contribution in [0.5, 0.6) is 11.5 Å². The smallest absolute Gasteiger partial charge is 0.186 e. The molecule has 16 heteroatoms. The molecule has 6 fully saturated rings. The van der Waals surface area contributed by atoms with Crippen molar-refractivity contribution in [1.82, 2.24) is 41.1 Å². The van der Waals surface area contributed by atoms with E-state index in [9.17, 15) is 4.79 Å². The van der Waals surface area contributed by atoms with Crippen molar-refractivity contribution >= 4 is 41.0 Å². The highest BCUT2D eigenvalue weighted by Crippen LogP contribution is 2.63. The first kappa shape index (κ1) is 52.3. The van der Waals surface area contributed by atoms with Gasteiger partial charge < -0.3 is 35.2 Å². The van der Waals surface area contributed by atoms with Gasteiger partial charge in [-0.1, -0.05) is 90.8 Å². The summed E-state index contributed by atoms with van der Waals surface area (Å²) in [6.07, 6.45) is 7.14. The highest BCUT2D eigenvalue weighted by Gasteiger charge is 2.77. The van der Waals surface area contributed by atoms with Gasteiger partial charge in [0.2, 0.25) is 0 Å². The number of Topliss-reactive ketones (excluding diaryl/α,β-unsaturated/α-hetero) is 2. The Balaban J connectivity index is 0.995. The summed E-state index contributed by atoms with van der Waals surface area (Å²) in [4.78, 5) is 44.8. The third-order valence-corrected chi connectivity index (χ3v) is 19.2. The Labute approximate surface area is 452 Å². The number of hydrazine groups is 1. The van der Waals surface area contributed by atoms with Crippen LogP contribution in [-0.2, 0) is 38.4 Å². The summed E-state index contributed by atoms with van der Waals surface area (Å²) in [5, 5.41) is 9.75. The number of aliphatic imine (C=N–C) groups is 1. The van der Waals surface area contributed by atoms with E-state index >= 15 is 4.79 Å². The van der Waals surface area contributed by atoms with Crippen LogP contribution in [0.2, 0.25) is 10.0 Å². The fourth-order valence-corrected chi connectivity index (χ4v) is 15.7. The molecular formula is C59H73Cl2N9O5. The zero-order valence-electron chi connectivity index (χ0n) is 44.2. The average Bonchev–Trinajstić information content (AvgIpc) is 4.18. The van der Waals surface area contributed by atoms with E-state index in [1.165, 1.54) is 18.2 Å². The van der Waals surface area contributed by atoms with Crippen LogP contribution < -0.4 is 26.2 Å². The van der Waals surface area contributed by atoms with Crippen LogP contribution in [0.25, 0.3) is 0 Å². The molecule has 398 valence electrons. The number of halogens is 2. The number of fused-ring (bicyclic) bond motifs is 1. The average molecular weight is 1060 g/mol. The molecule has 9 unspecified atom stereocenters. The Morgan fingerprint density at radius 1 is 0.867 bits per heavy atom. The molecule has 6 heterocycles. The first-order valence-electron chi connectivity index (χ1n) is 26.9. The van der Waals surface area contributed by atoms with Crippen molar-refractivity contribution in [3.05, 3.63) is 141 Å². The van der Waals surface area contributed by atoms with Crippen LogP contribution in [0.3, 0.4) is 0 Å². The summed E-state index contributed by atoms with van der Waals surface area (Å²) < 4.78 is 18.3. The van der Waals surface area contributed by atoms with E-state index in [-0.39, 0.29) is 78.9 Å². The number of benzene rings is 4. The number of ether oxygens (including phenoxy) is 3. The van der Waals surface area contributed by atoms with Gasteiger partial charge in [-0.15, -0.1) is 0 Å². The summed E-state index contributed by atoms with van der Waals surface area (Å²) in [5.41, 5.74) is 9.44. The molecule has 1 aliphatic carbocycles.